The van der Waals surface area contributed by atoms with Crippen LogP contribution in [-0.4, -0.2) is 27.8 Å². The van der Waals surface area contributed by atoms with Crippen LogP contribution in [0.15, 0.2) is 35.6 Å². The van der Waals surface area contributed by atoms with Crippen molar-refractivity contribution in [2.75, 3.05) is 7.05 Å². The summed E-state index contributed by atoms with van der Waals surface area (Å²) in [6, 6.07) is 5.19. The number of rotatable bonds is 5. The van der Waals surface area contributed by atoms with Crippen molar-refractivity contribution in [3.05, 3.63) is 47.5 Å². The summed E-state index contributed by atoms with van der Waals surface area (Å²) >= 11 is 0. The summed E-state index contributed by atoms with van der Waals surface area (Å²) in [5.41, 5.74) is -0.148. The number of aryl methyl sites for hydroxylation is 1. The van der Waals surface area contributed by atoms with Crippen molar-refractivity contribution in [3.63, 3.8) is 0 Å². The molecule has 0 saturated carbocycles. The molecule has 10 heteroatoms. The standard InChI is InChI=1S/C15H19F3N6.HI/c1-3-24-10-22-23-13(24)9-21-14(19-2)20-8-11-5-4-6-12(7-11)15(16,17)18;/h4-7,10H,3,8-9H2,1-2H3,(H2,19,20,21);1H. The summed E-state index contributed by atoms with van der Waals surface area (Å²) < 4.78 is 40.0. The smallest absolute Gasteiger partial charge is 0.352 e. The molecule has 25 heavy (non-hydrogen) atoms. The Hall–Kier alpha value is -1.85. The molecule has 0 atom stereocenters. The van der Waals surface area contributed by atoms with Gasteiger partial charge in [-0.2, -0.15) is 13.2 Å². The van der Waals surface area contributed by atoms with Crippen molar-refractivity contribution < 1.29 is 13.2 Å². The molecule has 0 amide bonds. The Morgan fingerprint density at radius 1 is 1.24 bits per heavy atom. The molecule has 6 nitrogen and oxygen atoms in total. The van der Waals surface area contributed by atoms with E-state index in [-0.39, 0.29) is 30.5 Å². The first-order valence-corrected chi connectivity index (χ1v) is 7.41. The predicted molar refractivity (Wildman–Crippen MR) is 99.6 cm³/mol. The number of hydrogen-bond acceptors (Lipinski definition) is 3. The molecule has 0 unspecified atom stereocenters. The summed E-state index contributed by atoms with van der Waals surface area (Å²) in [4.78, 5) is 4.04. The monoisotopic (exact) mass is 468 g/mol. The number of nitrogens with zero attached hydrogens (tertiary/aromatic N) is 4. The number of halogens is 4. The van der Waals surface area contributed by atoms with Gasteiger partial charge >= 0.3 is 6.18 Å². The molecule has 0 bridgehead atoms. The lowest BCUT2D eigenvalue weighted by molar-refractivity contribution is -0.137. The normalized spacial score (nSPS) is 11.8. The van der Waals surface area contributed by atoms with E-state index in [9.17, 15) is 13.2 Å². The highest BCUT2D eigenvalue weighted by molar-refractivity contribution is 14.0. The molecule has 2 rings (SSSR count). The van der Waals surface area contributed by atoms with Crippen molar-refractivity contribution in [3.8, 4) is 0 Å². The Labute approximate surface area is 161 Å². The maximum absolute atomic E-state index is 12.7. The summed E-state index contributed by atoms with van der Waals surface area (Å²) in [6.45, 7) is 3.37. The maximum atomic E-state index is 12.7. The molecule has 2 aromatic rings. The zero-order valence-corrected chi connectivity index (χ0v) is 16.2. The fourth-order valence-corrected chi connectivity index (χ4v) is 2.11. The quantitative estimate of drug-likeness (QED) is 0.403. The van der Waals surface area contributed by atoms with Crippen molar-refractivity contribution in [1.29, 1.82) is 0 Å². The van der Waals surface area contributed by atoms with E-state index in [1.807, 2.05) is 11.5 Å². The van der Waals surface area contributed by atoms with Gasteiger partial charge in [0, 0.05) is 20.1 Å². The van der Waals surface area contributed by atoms with Crippen molar-refractivity contribution in [2.45, 2.75) is 32.7 Å². The molecule has 2 N–H and O–H groups in total. The summed E-state index contributed by atoms with van der Waals surface area (Å²) in [6.07, 6.45) is -2.71. The van der Waals surface area contributed by atoms with E-state index in [1.54, 1.807) is 19.4 Å². The predicted octanol–water partition coefficient (Wildman–Crippen LogP) is 2.80. The van der Waals surface area contributed by atoms with Crippen LogP contribution in [-0.2, 0) is 25.8 Å². The molecular weight excluding hydrogens is 448 g/mol. The van der Waals surface area contributed by atoms with Gasteiger partial charge in [0.2, 0.25) is 0 Å². The molecule has 1 heterocycles. The molecule has 0 fully saturated rings. The van der Waals surface area contributed by atoms with Gasteiger partial charge in [0.15, 0.2) is 11.8 Å². The second-order valence-electron chi connectivity index (χ2n) is 5.01. The highest BCUT2D eigenvalue weighted by Crippen LogP contribution is 2.29. The van der Waals surface area contributed by atoms with Crippen LogP contribution >= 0.6 is 24.0 Å². The fraction of sp³-hybridized carbons (Fsp3) is 0.400. The lowest BCUT2D eigenvalue weighted by atomic mass is 10.1. The van der Waals surface area contributed by atoms with E-state index in [0.29, 0.717) is 18.1 Å². The van der Waals surface area contributed by atoms with Crippen molar-refractivity contribution in [2.24, 2.45) is 4.99 Å². The zero-order valence-electron chi connectivity index (χ0n) is 13.8. The molecule has 0 aliphatic carbocycles. The van der Waals surface area contributed by atoms with Gasteiger partial charge in [0.1, 0.15) is 6.33 Å². The number of hydrogen-bond donors (Lipinski definition) is 2. The highest BCUT2D eigenvalue weighted by atomic mass is 127. The van der Waals surface area contributed by atoms with Gasteiger partial charge in [0.05, 0.1) is 12.1 Å². The number of nitrogens with one attached hydrogen (secondary N) is 2. The number of alkyl halides is 3. The molecule has 0 aliphatic rings. The minimum atomic E-state index is -4.35. The Bertz CT molecular complexity index is 699. The van der Waals surface area contributed by atoms with Crippen LogP contribution < -0.4 is 10.6 Å². The molecule has 0 saturated heterocycles. The maximum Gasteiger partial charge on any atom is 0.416 e. The molecule has 0 aliphatic heterocycles. The van der Waals surface area contributed by atoms with Crippen LogP contribution in [0.3, 0.4) is 0 Å². The Morgan fingerprint density at radius 3 is 2.60 bits per heavy atom. The van der Waals surface area contributed by atoms with Crippen LogP contribution in [0.25, 0.3) is 0 Å². The minimum Gasteiger partial charge on any atom is -0.352 e. The lowest BCUT2D eigenvalue weighted by Crippen LogP contribution is -2.37. The van der Waals surface area contributed by atoms with Crippen molar-refractivity contribution >= 4 is 29.9 Å². The summed E-state index contributed by atoms with van der Waals surface area (Å²) in [5.74, 6) is 1.22. The van der Waals surface area contributed by atoms with Crippen LogP contribution in [0.1, 0.15) is 23.9 Å². The van der Waals surface area contributed by atoms with Crippen molar-refractivity contribution in [1.82, 2.24) is 25.4 Å². The molecule has 138 valence electrons. The first kappa shape index (κ1) is 21.2. The first-order chi connectivity index (χ1) is 11.4. The van der Waals surface area contributed by atoms with E-state index in [1.165, 1.54) is 6.07 Å². The molecule has 1 aromatic heterocycles. The topological polar surface area (TPSA) is 67.1 Å². The molecule has 1 aromatic carbocycles. The Balaban J connectivity index is 0.00000312. The third kappa shape index (κ3) is 6.18. The largest absolute Gasteiger partial charge is 0.416 e. The number of guanidine groups is 1. The molecule has 0 radical (unpaired) electrons. The van der Waals surface area contributed by atoms with Crippen LogP contribution in [0, 0.1) is 0 Å². The average Bonchev–Trinajstić information content (AvgIpc) is 3.02. The second kappa shape index (κ2) is 9.59. The first-order valence-electron chi connectivity index (χ1n) is 7.41. The fourth-order valence-electron chi connectivity index (χ4n) is 2.11. The Morgan fingerprint density at radius 2 is 1.96 bits per heavy atom. The summed E-state index contributed by atoms with van der Waals surface area (Å²) in [5, 5.41) is 13.9. The van der Waals surface area contributed by atoms with Gasteiger partial charge < -0.3 is 15.2 Å². The zero-order chi connectivity index (χ0) is 17.6. The van der Waals surface area contributed by atoms with E-state index < -0.39 is 11.7 Å². The minimum absolute atomic E-state index is 0. The van der Waals surface area contributed by atoms with E-state index in [2.05, 4.69) is 25.8 Å². The van der Waals surface area contributed by atoms with Gasteiger partial charge in [-0.05, 0) is 24.6 Å². The molecular formula is C15H20F3IN6. The van der Waals surface area contributed by atoms with Crippen LogP contribution in [0.5, 0.6) is 0 Å². The highest BCUT2D eigenvalue weighted by Gasteiger charge is 2.30. The van der Waals surface area contributed by atoms with E-state index in [0.717, 1.165) is 24.5 Å². The Kier molecular flexibility index (Phi) is 8.13. The SMILES string of the molecule is CCn1cnnc1CNC(=NC)NCc1cccc(C(F)(F)F)c1.I. The third-order valence-corrected chi connectivity index (χ3v) is 3.39. The van der Waals surface area contributed by atoms with E-state index in [4.69, 9.17) is 0 Å². The number of benzene rings is 1. The van der Waals surface area contributed by atoms with Gasteiger partial charge in [-0.1, -0.05) is 12.1 Å². The second-order valence-corrected chi connectivity index (χ2v) is 5.01. The van der Waals surface area contributed by atoms with Gasteiger partial charge in [-0.25, -0.2) is 0 Å². The molecule has 0 spiro atoms. The van der Waals surface area contributed by atoms with Crippen LogP contribution in [0.2, 0.25) is 0 Å². The van der Waals surface area contributed by atoms with Gasteiger partial charge in [-0.15, -0.1) is 34.2 Å². The van der Waals surface area contributed by atoms with Crippen LogP contribution in [0.4, 0.5) is 13.2 Å². The summed E-state index contributed by atoms with van der Waals surface area (Å²) in [7, 11) is 1.59. The third-order valence-electron chi connectivity index (χ3n) is 3.39. The number of aliphatic imine (C=N–C) groups is 1. The average molecular weight is 468 g/mol. The lowest BCUT2D eigenvalue weighted by Gasteiger charge is -2.13. The number of aromatic nitrogens is 3. The van der Waals surface area contributed by atoms with E-state index >= 15 is 0 Å². The van der Waals surface area contributed by atoms with Gasteiger partial charge in [-0.3, -0.25) is 4.99 Å². The van der Waals surface area contributed by atoms with Gasteiger partial charge in [0.25, 0.3) is 0 Å².